The van der Waals surface area contributed by atoms with E-state index in [0.29, 0.717) is 0 Å². The molecule has 2 amide bonds. The quantitative estimate of drug-likeness (QED) is 0.856. The lowest BCUT2D eigenvalue weighted by Crippen LogP contribution is -2.34. The van der Waals surface area contributed by atoms with Crippen LogP contribution < -0.4 is 10.6 Å². The van der Waals surface area contributed by atoms with Crippen LogP contribution in [0.2, 0.25) is 0 Å². The van der Waals surface area contributed by atoms with Crippen molar-refractivity contribution in [2.75, 3.05) is 5.32 Å². The summed E-state index contributed by atoms with van der Waals surface area (Å²) in [6.07, 6.45) is 0. The van der Waals surface area contributed by atoms with Crippen LogP contribution in [-0.4, -0.2) is 12.1 Å². The Bertz CT molecular complexity index is 379. The van der Waals surface area contributed by atoms with Crippen molar-refractivity contribution in [2.24, 2.45) is 0 Å². The van der Waals surface area contributed by atoms with E-state index < -0.39 is 0 Å². The summed E-state index contributed by atoms with van der Waals surface area (Å²) in [7, 11) is 0. The molecule has 0 atom stereocenters. The summed E-state index contributed by atoms with van der Waals surface area (Å²) < 4.78 is 1.09. The van der Waals surface area contributed by atoms with Gasteiger partial charge in [0.15, 0.2) is 0 Å². The molecule has 0 bridgehead atoms. The number of carbonyl (C=O) groups is 1. The summed E-state index contributed by atoms with van der Waals surface area (Å²) in [5.41, 5.74) is 3.04. The zero-order valence-electron chi connectivity index (χ0n) is 10.0. The second-order valence-corrected chi connectivity index (χ2v) is 4.97. The molecule has 16 heavy (non-hydrogen) atoms. The van der Waals surface area contributed by atoms with Gasteiger partial charge in [-0.15, -0.1) is 0 Å². The van der Waals surface area contributed by atoms with E-state index in [-0.39, 0.29) is 12.1 Å². The first-order valence-electron chi connectivity index (χ1n) is 5.24. The van der Waals surface area contributed by atoms with E-state index in [1.54, 1.807) is 0 Å². The van der Waals surface area contributed by atoms with Gasteiger partial charge in [-0.05, 0) is 51.0 Å². The minimum absolute atomic E-state index is 0.137. The first-order chi connectivity index (χ1) is 7.40. The van der Waals surface area contributed by atoms with Gasteiger partial charge in [-0.25, -0.2) is 4.79 Å². The Morgan fingerprint density at radius 2 is 1.75 bits per heavy atom. The van der Waals surface area contributed by atoms with Gasteiger partial charge in [0.05, 0.1) is 0 Å². The third-order valence-corrected chi connectivity index (χ3v) is 3.36. The maximum atomic E-state index is 11.5. The molecule has 0 heterocycles. The molecule has 0 unspecified atom stereocenters. The zero-order valence-corrected chi connectivity index (χ0v) is 11.6. The molecule has 1 rings (SSSR count). The zero-order chi connectivity index (χ0) is 12.3. The van der Waals surface area contributed by atoms with Crippen LogP contribution >= 0.6 is 15.9 Å². The molecule has 0 aliphatic heterocycles. The van der Waals surface area contributed by atoms with Gasteiger partial charge in [0, 0.05) is 16.2 Å². The van der Waals surface area contributed by atoms with Gasteiger partial charge in [0.2, 0.25) is 0 Å². The van der Waals surface area contributed by atoms with Crippen LogP contribution in [-0.2, 0) is 0 Å². The highest BCUT2D eigenvalue weighted by Crippen LogP contribution is 2.24. The van der Waals surface area contributed by atoms with E-state index in [1.807, 2.05) is 39.8 Å². The summed E-state index contributed by atoms with van der Waals surface area (Å²) in [6, 6.07) is 3.85. The molecule has 0 spiro atoms. The number of carbonyl (C=O) groups excluding carboxylic acids is 1. The molecule has 2 N–H and O–H groups in total. The Kier molecular flexibility index (Phi) is 4.35. The minimum Gasteiger partial charge on any atom is -0.336 e. The van der Waals surface area contributed by atoms with Crippen molar-refractivity contribution in [3.8, 4) is 0 Å². The summed E-state index contributed by atoms with van der Waals surface area (Å²) >= 11 is 3.49. The van der Waals surface area contributed by atoms with Crippen molar-refractivity contribution < 1.29 is 4.79 Å². The Balaban J connectivity index is 2.79. The van der Waals surface area contributed by atoms with Gasteiger partial charge in [0.1, 0.15) is 0 Å². The molecule has 0 saturated carbocycles. The summed E-state index contributed by atoms with van der Waals surface area (Å²) in [4.78, 5) is 11.5. The Labute approximate surface area is 105 Å². The first-order valence-corrected chi connectivity index (χ1v) is 6.03. The minimum atomic E-state index is -0.170. The van der Waals surface area contributed by atoms with Gasteiger partial charge in [-0.2, -0.15) is 0 Å². The van der Waals surface area contributed by atoms with Gasteiger partial charge < -0.3 is 10.6 Å². The number of benzene rings is 1. The highest BCUT2D eigenvalue weighted by Gasteiger charge is 2.06. The van der Waals surface area contributed by atoms with E-state index in [9.17, 15) is 4.79 Å². The topological polar surface area (TPSA) is 41.1 Å². The Morgan fingerprint density at radius 1 is 1.25 bits per heavy atom. The fourth-order valence-electron chi connectivity index (χ4n) is 1.45. The number of rotatable bonds is 2. The lowest BCUT2D eigenvalue weighted by Gasteiger charge is -2.12. The molecule has 4 heteroatoms. The Hall–Kier alpha value is -1.03. The van der Waals surface area contributed by atoms with Crippen LogP contribution in [0.5, 0.6) is 0 Å². The monoisotopic (exact) mass is 284 g/mol. The van der Waals surface area contributed by atoms with Gasteiger partial charge in [-0.3, -0.25) is 0 Å². The third-order valence-electron chi connectivity index (χ3n) is 2.11. The SMILES string of the molecule is Cc1cc(NC(=O)NC(C)C)cc(C)c1Br. The molecular weight excluding hydrogens is 268 g/mol. The maximum absolute atomic E-state index is 11.5. The first kappa shape index (κ1) is 13.0. The smallest absolute Gasteiger partial charge is 0.319 e. The fraction of sp³-hybridized carbons (Fsp3) is 0.417. The van der Waals surface area contributed by atoms with Crippen LogP contribution in [0.1, 0.15) is 25.0 Å². The van der Waals surface area contributed by atoms with Crippen molar-refractivity contribution in [3.05, 3.63) is 27.7 Å². The van der Waals surface area contributed by atoms with E-state index >= 15 is 0 Å². The fourth-order valence-corrected chi connectivity index (χ4v) is 1.68. The van der Waals surface area contributed by atoms with Crippen molar-refractivity contribution in [1.82, 2.24) is 5.32 Å². The number of hydrogen-bond donors (Lipinski definition) is 2. The van der Waals surface area contributed by atoms with Crippen LogP contribution in [0.4, 0.5) is 10.5 Å². The second-order valence-electron chi connectivity index (χ2n) is 4.18. The van der Waals surface area contributed by atoms with Gasteiger partial charge in [0.25, 0.3) is 0 Å². The second kappa shape index (κ2) is 5.34. The lowest BCUT2D eigenvalue weighted by molar-refractivity contribution is 0.250. The number of halogens is 1. The maximum Gasteiger partial charge on any atom is 0.319 e. The van der Waals surface area contributed by atoms with Crippen LogP contribution in [0.3, 0.4) is 0 Å². The number of amides is 2. The molecule has 1 aromatic carbocycles. The number of hydrogen-bond acceptors (Lipinski definition) is 1. The summed E-state index contributed by atoms with van der Waals surface area (Å²) in [5, 5.41) is 5.59. The predicted octanol–water partition coefficient (Wildman–Crippen LogP) is 3.60. The molecule has 88 valence electrons. The van der Waals surface area contributed by atoms with E-state index in [0.717, 1.165) is 21.3 Å². The largest absolute Gasteiger partial charge is 0.336 e. The molecular formula is C12H17BrN2O. The predicted molar refractivity (Wildman–Crippen MR) is 70.9 cm³/mol. The van der Waals surface area contributed by atoms with E-state index in [1.165, 1.54) is 0 Å². The van der Waals surface area contributed by atoms with Crippen molar-refractivity contribution in [1.29, 1.82) is 0 Å². The van der Waals surface area contributed by atoms with Crippen molar-refractivity contribution in [3.63, 3.8) is 0 Å². The number of anilines is 1. The van der Waals surface area contributed by atoms with E-state index in [2.05, 4.69) is 26.6 Å². The van der Waals surface area contributed by atoms with Crippen molar-refractivity contribution >= 4 is 27.6 Å². The Morgan fingerprint density at radius 3 is 2.19 bits per heavy atom. The lowest BCUT2D eigenvalue weighted by atomic mass is 10.1. The highest BCUT2D eigenvalue weighted by molar-refractivity contribution is 9.10. The standard InChI is InChI=1S/C12H17BrN2O/c1-7(2)14-12(16)15-10-5-8(3)11(13)9(4)6-10/h5-7H,1-4H3,(H2,14,15,16). The average molecular weight is 285 g/mol. The van der Waals surface area contributed by atoms with Crippen LogP contribution in [0, 0.1) is 13.8 Å². The molecule has 3 nitrogen and oxygen atoms in total. The average Bonchev–Trinajstić information content (AvgIpc) is 2.12. The van der Waals surface area contributed by atoms with Crippen molar-refractivity contribution in [2.45, 2.75) is 33.7 Å². The molecule has 0 aliphatic rings. The normalized spacial score (nSPS) is 10.4. The molecule has 0 saturated heterocycles. The van der Waals surface area contributed by atoms with Crippen LogP contribution in [0.15, 0.2) is 16.6 Å². The van der Waals surface area contributed by atoms with E-state index in [4.69, 9.17) is 0 Å². The molecule has 0 aliphatic carbocycles. The number of aryl methyl sites for hydroxylation is 2. The summed E-state index contributed by atoms with van der Waals surface area (Å²) in [5.74, 6) is 0. The molecule has 0 radical (unpaired) electrons. The number of urea groups is 1. The molecule has 0 aromatic heterocycles. The van der Waals surface area contributed by atoms with Crippen LogP contribution in [0.25, 0.3) is 0 Å². The highest BCUT2D eigenvalue weighted by atomic mass is 79.9. The van der Waals surface area contributed by atoms with Gasteiger partial charge >= 0.3 is 6.03 Å². The molecule has 1 aromatic rings. The summed E-state index contributed by atoms with van der Waals surface area (Å²) in [6.45, 7) is 7.86. The van der Waals surface area contributed by atoms with Gasteiger partial charge in [-0.1, -0.05) is 15.9 Å². The third kappa shape index (κ3) is 3.52. The molecule has 0 fully saturated rings. The number of nitrogens with one attached hydrogen (secondary N) is 2.